The number of nitrogens with one attached hydrogen (secondary N) is 2. The number of amides is 2. The summed E-state index contributed by atoms with van der Waals surface area (Å²) in [7, 11) is 0. The Labute approximate surface area is 115 Å². The van der Waals surface area contributed by atoms with E-state index in [1.807, 2.05) is 52.8 Å². The lowest BCUT2D eigenvalue weighted by molar-refractivity contribution is 0.238. The van der Waals surface area contributed by atoms with E-state index in [0.717, 1.165) is 16.9 Å². The summed E-state index contributed by atoms with van der Waals surface area (Å²) >= 11 is 0. The highest BCUT2D eigenvalue weighted by molar-refractivity contribution is 5.74. The molecule has 0 bridgehead atoms. The van der Waals surface area contributed by atoms with Gasteiger partial charge >= 0.3 is 6.03 Å². The van der Waals surface area contributed by atoms with Gasteiger partial charge in [0.1, 0.15) is 5.75 Å². The molecule has 0 saturated heterocycles. The van der Waals surface area contributed by atoms with Crippen LogP contribution in [0.15, 0.2) is 18.2 Å². The van der Waals surface area contributed by atoms with Gasteiger partial charge in [-0.25, -0.2) is 4.79 Å². The number of benzene rings is 1. The van der Waals surface area contributed by atoms with Crippen LogP contribution in [-0.2, 0) is 6.54 Å². The second kappa shape index (κ2) is 7.02. The standard InChI is InChI=1S/C15H24N2O2/c1-10(2)17-15(18)16-9-13-6-7-14(12(5)8-13)19-11(3)4/h6-8,10-11H,9H2,1-5H3,(H2,16,17,18). The average Bonchev–Trinajstić information content (AvgIpc) is 2.28. The Balaban J connectivity index is 2.56. The summed E-state index contributed by atoms with van der Waals surface area (Å²) in [5.41, 5.74) is 2.14. The van der Waals surface area contributed by atoms with Crippen molar-refractivity contribution < 1.29 is 9.53 Å². The summed E-state index contributed by atoms with van der Waals surface area (Å²) in [5.74, 6) is 0.894. The van der Waals surface area contributed by atoms with Gasteiger partial charge in [-0.15, -0.1) is 0 Å². The molecule has 106 valence electrons. The molecule has 0 radical (unpaired) electrons. The molecule has 0 unspecified atom stereocenters. The molecular formula is C15H24N2O2. The van der Waals surface area contributed by atoms with Crippen molar-refractivity contribution in [3.8, 4) is 5.75 Å². The van der Waals surface area contributed by atoms with Crippen molar-refractivity contribution in [2.24, 2.45) is 0 Å². The van der Waals surface area contributed by atoms with Gasteiger partial charge < -0.3 is 15.4 Å². The fourth-order valence-corrected chi connectivity index (χ4v) is 1.70. The zero-order valence-electron chi connectivity index (χ0n) is 12.4. The second-order valence-corrected chi connectivity index (χ2v) is 5.25. The zero-order valence-corrected chi connectivity index (χ0v) is 12.4. The first-order valence-corrected chi connectivity index (χ1v) is 6.69. The minimum Gasteiger partial charge on any atom is -0.491 e. The number of carbonyl (C=O) groups excluding carboxylic acids is 1. The fourth-order valence-electron chi connectivity index (χ4n) is 1.70. The molecule has 2 N–H and O–H groups in total. The molecule has 4 heteroatoms. The minimum atomic E-state index is -0.143. The molecule has 19 heavy (non-hydrogen) atoms. The van der Waals surface area contributed by atoms with Crippen LogP contribution in [-0.4, -0.2) is 18.2 Å². The van der Waals surface area contributed by atoms with E-state index in [2.05, 4.69) is 10.6 Å². The van der Waals surface area contributed by atoms with E-state index in [1.165, 1.54) is 0 Å². The van der Waals surface area contributed by atoms with Crippen LogP contribution in [0.5, 0.6) is 5.75 Å². The maximum absolute atomic E-state index is 11.5. The van der Waals surface area contributed by atoms with Crippen molar-refractivity contribution in [3.05, 3.63) is 29.3 Å². The van der Waals surface area contributed by atoms with Gasteiger partial charge in [-0.05, 0) is 51.8 Å². The first-order valence-electron chi connectivity index (χ1n) is 6.69. The number of hydrogen-bond donors (Lipinski definition) is 2. The van der Waals surface area contributed by atoms with Crippen molar-refractivity contribution in [1.29, 1.82) is 0 Å². The van der Waals surface area contributed by atoms with Gasteiger partial charge in [0.25, 0.3) is 0 Å². The Bertz CT molecular complexity index is 428. The van der Waals surface area contributed by atoms with Crippen LogP contribution in [0.4, 0.5) is 4.79 Å². The topological polar surface area (TPSA) is 50.4 Å². The number of rotatable bonds is 5. The molecule has 0 aromatic heterocycles. The summed E-state index contributed by atoms with van der Waals surface area (Å²) in [4.78, 5) is 11.5. The molecule has 2 amide bonds. The zero-order chi connectivity index (χ0) is 14.4. The van der Waals surface area contributed by atoms with E-state index in [4.69, 9.17) is 4.74 Å². The number of hydrogen-bond acceptors (Lipinski definition) is 2. The highest BCUT2D eigenvalue weighted by Crippen LogP contribution is 2.20. The molecule has 0 aliphatic rings. The summed E-state index contributed by atoms with van der Waals surface area (Å²) in [5, 5.41) is 5.62. The molecule has 0 spiro atoms. The fraction of sp³-hybridized carbons (Fsp3) is 0.533. The van der Waals surface area contributed by atoms with E-state index in [-0.39, 0.29) is 18.2 Å². The summed E-state index contributed by atoms with van der Waals surface area (Å²) in [6.45, 7) is 10.4. The van der Waals surface area contributed by atoms with E-state index in [1.54, 1.807) is 0 Å². The molecule has 0 aliphatic heterocycles. The third-order valence-corrected chi connectivity index (χ3v) is 2.47. The van der Waals surface area contributed by atoms with Crippen LogP contribution in [0.2, 0.25) is 0 Å². The van der Waals surface area contributed by atoms with Crippen molar-refractivity contribution in [3.63, 3.8) is 0 Å². The van der Waals surface area contributed by atoms with Crippen LogP contribution in [0, 0.1) is 6.92 Å². The molecule has 1 rings (SSSR count). The Kier molecular flexibility index (Phi) is 5.67. The van der Waals surface area contributed by atoms with Crippen LogP contribution in [0.1, 0.15) is 38.8 Å². The maximum Gasteiger partial charge on any atom is 0.315 e. The summed E-state index contributed by atoms with van der Waals surface area (Å²) in [6.07, 6.45) is 0.166. The Morgan fingerprint density at radius 2 is 1.95 bits per heavy atom. The van der Waals surface area contributed by atoms with Gasteiger partial charge in [-0.3, -0.25) is 0 Å². The van der Waals surface area contributed by atoms with Crippen LogP contribution in [0.3, 0.4) is 0 Å². The van der Waals surface area contributed by atoms with E-state index in [0.29, 0.717) is 6.54 Å². The number of carbonyl (C=O) groups is 1. The highest BCUT2D eigenvalue weighted by atomic mass is 16.5. The van der Waals surface area contributed by atoms with Crippen LogP contribution in [0.25, 0.3) is 0 Å². The molecule has 0 fully saturated rings. The van der Waals surface area contributed by atoms with Crippen molar-refractivity contribution >= 4 is 6.03 Å². The predicted octanol–water partition coefficient (Wildman–Crippen LogP) is 2.99. The number of ether oxygens (including phenoxy) is 1. The van der Waals surface area contributed by atoms with Gasteiger partial charge in [0.15, 0.2) is 0 Å². The van der Waals surface area contributed by atoms with Gasteiger partial charge in [0, 0.05) is 12.6 Å². The quantitative estimate of drug-likeness (QED) is 0.859. The lowest BCUT2D eigenvalue weighted by Crippen LogP contribution is -2.39. The Morgan fingerprint density at radius 3 is 2.47 bits per heavy atom. The third kappa shape index (κ3) is 5.64. The van der Waals surface area contributed by atoms with Crippen molar-refractivity contribution in [1.82, 2.24) is 10.6 Å². The SMILES string of the molecule is Cc1cc(CNC(=O)NC(C)C)ccc1OC(C)C. The minimum absolute atomic E-state index is 0.142. The molecule has 0 saturated carbocycles. The normalized spacial score (nSPS) is 10.7. The first-order chi connectivity index (χ1) is 8.88. The molecule has 1 aromatic rings. The highest BCUT2D eigenvalue weighted by Gasteiger charge is 2.05. The molecule has 0 aliphatic carbocycles. The van der Waals surface area contributed by atoms with Crippen molar-refractivity contribution in [2.75, 3.05) is 0 Å². The Hall–Kier alpha value is -1.71. The second-order valence-electron chi connectivity index (χ2n) is 5.25. The lowest BCUT2D eigenvalue weighted by atomic mass is 10.1. The van der Waals surface area contributed by atoms with Gasteiger partial charge in [-0.1, -0.05) is 12.1 Å². The van der Waals surface area contributed by atoms with Gasteiger partial charge in [0.05, 0.1) is 6.10 Å². The lowest BCUT2D eigenvalue weighted by Gasteiger charge is -2.14. The third-order valence-electron chi connectivity index (χ3n) is 2.47. The predicted molar refractivity (Wildman–Crippen MR) is 77.5 cm³/mol. The Morgan fingerprint density at radius 1 is 1.26 bits per heavy atom. The number of aryl methyl sites for hydroxylation is 1. The van der Waals surface area contributed by atoms with Crippen molar-refractivity contribution in [2.45, 2.75) is 53.3 Å². The first kappa shape index (κ1) is 15.3. The van der Waals surface area contributed by atoms with Crippen LogP contribution < -0.4 is 15.4 Å². The largest absolute Gasteiger partial charge is 0.491 e. The molecule has 1 aromatic carbocycles. The van der Waals surface area contributed by atoms with E-state index in [9.17, 15) is 4.79 Å². The smallest absolute Gasteiger partial charge is 0.315 e. The molecular weight excluding hydrogens is 240 g/mol. The summed E-state index contributed by atoms with van der Waals surface area (Å²) < 4.78 is 5.68. The molecule has 4 nitrogen and oxygen atoms in total. The average molecular weight is 264 g/mol. The summed E-state index contributed by atoms with van der Waals surface area (Å²) in [6, 6.07) is 5.96. The monoisotopic (exact) mass is 264 g/mol. The maximum atomic E-state index is 11.5. The number of urea groups is 1. The van der Waals surface area contributed by atoms with Crippen LogP contribution >= 0.6 is 0 Å². The molecule has 0 heterocycles. The van der Waals surface area contributed by atoms with E-state index < -0.39 is 0 Å². The molecule has 0 atom stereocenters. The van der Waals surface area contributed by atoms with Gasteiger partial charge in [0.2, 0.25) is 0 Å². The van der Waals surface area contributed by atoms with E-state index >= 15 is 0 Å². The van der Waals surface area contributed by atoms with Gasteiger partial charge in [-0.2, -0.15) is 0 Å².